The van der Waals surface area contributed by atoms with E-state index in [4.69, 9.17) is 5.73 Å². The number of nitrogens with zero attached hydrogens (tertiary/aromatic N) is 1. The molecule has 0 atom stereocenters. The van der Waals surface area contributed by atoms with E-state index < -0.39 is 14.9 Å². The van der Waals surface area contributed by atoms with Crippen molar-refractivity contribution in [3.63, 3.8) is 0 Å². The topological polar surface area (TPSA) is 115 Å². The van der Waals surface area contributed by atoms with E-state index in [0.29, 0.717) is 12.5 Å². The summed E-state index contributed by atoms with van der Waals surface area (Å²) in [6.45, 7) is 0.338. The quantitative estimate of drug-likeness (QED) is 0.481. The molecule has 1 aliphatic rings. The van der Waals surface area contributed by atoms with Crippen LogP contribution in [-0.4, -0.2) is 31.4 Å². The van der Waals surface area contributed by atoms with Crippen molar-refractivity contribution in [1.82, 2.24) is 4.72 Å². The van der Waals surface area contributed by atoms with Gasteiger partial charge in [0.1, 0.15) is 4.90 Å². The van der Waals surface area contributed by atoms with Crippen LogP contribution in [0.25, 0.3) is 0 Å². The van der Waals surface area contributed by atoms with Crippen molar-refractivity contribution in [2.45, 2.75) is 17.7 Å². The molecular weight excluding hydrogens is 314 g/mol. The molecule has 1 heterocycles. The Morgan fingerprint density at radius 2 is 2.05 bits per heavy atom. The van der Waals surface area contributed by atoms with Gasteiger partial charge in [-0.3, -0.25) is 10.1 Å². The third-order valence-corrected chi connectivity index (χ3v) is 5.93. The minimum absolute atomic E-state index is 0.00676. The first kappa shape index (κ1) is 16.1. The molecule has 0 unspecified atom stereocenters. The zero-order valence-corrected chi connectivity index (χ0v) is 13.0. The van der Waals surface area contributed by atoms with Crippen LogP contribution in [0.15, 0.2) is 23.1 Å². The fraction of sp³-hybridized carbons (Fsp3) is 0.500. The number of non-ortho nitro benzene ring substituents is 1. The number of nitrogens with two attached hydrogens (primary N) is 1. The highest BCUT2D eigenvalue weighted by atomic mass is 32.2. The number of rotatable bonds is 5. The lowest BCUT2D eigenvalue weighted by Crippen LogP contribution is -2.31. The molecule has 1 fully saturated rings. The average molecular weight is 331 g/mol. The Hall–Kier alpha value is -1.32. The number of hydrogen-bond acceptors (Lipinski definition) is 6. The maximum Gasteiger partial charge on any atom is 0.270 e. The predicted molar refractivity (Wildman–Crippen MR) is 82.7 cm³/mol. The monoisotopic (exact) mass is 331 g/mol. The average Bonchev–Trinajstić information content (AvgIpc) is 2.46. The van der Waals surface area contributed by atoms with Gasteiger partial charge >= 0.3 is 0 Å². The van der Waals surface area contributed by atoms with Crippen molar-refractivity contribution in [1.29, 1.82) is 0 Å². The molecule has 21 heavy (non-hydrogen) atoms. The third-order valence-electron chi connectivity index (χ3n) is 3.40. The maximum atomic E-state index is 12.3. The molecule has 1 aromatic carbocycles. The van der Waals surface area contributed by atoms with E-state index in [1.165, 1.54) is 12.1 Å². The Kier molecular flexibility index (Phi) is 5.07. The molecule has 3 N–H and O–H groups in total. The maximum absolute atomic E-state index is 12.3. The molecule has 0 radical (unpaired) electrons. The van der Waals surface area contributed by atoms with Crippen LogP contribution in [0, 0.1) is 16.0 Å². The van der Waals surface area contributed by atoms with Crippen LogP contribution < -0.4 is 10.5 Å². The molecule has 1 saturated heterocycles. The van der Waals surface area contributed by atoms with E-state index in [1.807, 2.05) is 11.8 Å². The summed E-state index contributed by atoms with van der Waals surface area (Å²) >= 11 is 1.86. The van der Waals surface area contributed by atoms with E-state index in [-0.39, 0.29) is 16.3 Å². The summed E-state index contributed by atoms with van der Waals surface area (Å²) in [6, 6.07) is 3.42. The molecule has 0 saturated carbocycles. The van der Waals surface area contributed by atoms with Crippen LogP contribution in [-0.2, 0) is 10.0 Å². The van der Waals surface area contributed by atoms with Crippen LogP contribution in [0.4, 0.5) is 11.4 Å². The summed E-state index contributed by atoms with van der Waals surface area (Å²) in [5.74, 6) is 2.37. The van der Waals surface area contributed by atoms with Gasteiger partial charge in [-0.2, -0.15) is 11.8 Å². The third kappa shape index (κ3) is 4.08. The second kappa shape index (κ2) is 6.63. The summed E-state index contributed by atoms with van der Waals surface area (Å²) in [7, 11) is -3.83. The van der Waals surface area contributed by atoms with Gasteiger partial charge in [0.15, 0.2) is 0 Å². The smallest absolute Gasteiger partial charge is 0.270 e. The fourth-order valence-electron chi connectivity index (χ4n) is 2.13. The molecular formula is C12H17N3O4S2. The Bertz CT molecular complexity index is 627. The molecule has 1 aromatic rings. The summed E-state index contributed by atoms with van der Waals surface area (Å²) in [5, 5.41) is 10.7. The first-order valence-electron chi connectivity index (χ1n) is 6.51. The number of hydrogen-bond donors (Lipinski definition) is 2. The molecule has 1 aliphatic heterocycles. The highest BCUT2D eigenvalue weighted by molar-refractivity contribution is 7.99. The lowest BCUT2D eigenvalue weighted by atomic mass is 10.0. The molecule has 2 rings (SSSR count). The van der Waals surface area contributed by atoms with Gasteiger partial charge in [-0.25, -0.2) is 13.1 Å². The van der Waals surface area contributed by atoms with Gasteiger partial charge in [-0.1, -0.05) is 0 Å². The molecule has 0 bridgehead atoms. The molecule has 0 spiro atoms. The van der Waals surface area contributed by atoms with Crippen LogP contribution in [0.2, 0.25) is 0 Å². The SMILES string of the molecule is Nc1ccc([N+](=O)[O-])cc1S(=O)(=O)NCC1CCSCC1. The van der Waals surface area contributed by atoms with Crippen LogP contribution in [0.1, 0.15) is 12.8 Å². The molecule has 0 amide bonds. The number of nitrogens with one attached hydrogen (secondary N) is 1. The van der Waals surface area contributed by atoms with Crippen molar-refractivity contribution < 1.29 is 13.3 Å². The summed E-state index contributed by atoms with van der Waals surface area (Å²) in [6.07, 6.45) is 1.94. The first-order chi connectivity index (χ1) is 9.90. The molecule has 7 nitrogen and oxygen atoms in total. The Morgan fingerprint density at radius 3 is 2.67 bits per heavy atom. The number of anilines is 1. The number of nitrogen functional groups attached to an aromatic ring is 1. The van der Waals surface area contributed by atoms with E-state index in [9.17, 15) is 18.5 Å². The molecule has 0 aromatic heterocycles. The Morgan fingerprint density at radius 1 is 1.38 bits per heavy atom. The van der Waals surface area contributed by atoms with Gasteiger partial charge in [-0.05, 0) is 36.3 Å². The van der Waals surface area contributed by atoms with Crippen molar-refractivity contribution in [2.24, 2.45) is 5.92 Å². The van der Waals surface area contributed by atoms with Gasteiger partial charge in [0, 0.05) is 18.7 Å². The zero-order valence-electron chi connectivity index (χ0n) is 11.3. The highest BCUT2D eigenvalue weighted by Gasteiger charge is 2.23. The van der Waals surface area contributed by atoms with Gasteiger partial charge < -0.3 is 5.73 Å². The van der Waals surface area contributed by atoms with Crippen molar-refractivity contribution in [3.8, 4) is 0 Å². The largest absolute Gasteiger partial charge is 0.398 e. The summed E-state index contributed by atoms with van der Waals surface area (Å²) in [5.41, 5.74) is 5.35. The van der Waals surface area contributed by atoms with E-state index in [2.05, 4.69) is 4.72 Å². The Labute approximate surface area is 127 Å². The molecule has 116 valence electrons. The standard InChI is InChI=1S/C12H17N3O4S2/c13-11-2-1-10(15(16)17)7-12(11)21(18,19)14-8-9-3-5-20-6-4-9/h1-2,7,9,14H,3-6,8,13H2. The highest BCUT2D eigenvalue weighted by Crippen LogP contribution is 2.25. The lowest BCUT2D eigenvalue weighted by molar-refractivity contribution is -0.385. The van der Waals surface area contributed by atoms with E-state index in [1.54, 1.807) is 0 Å². The zero-order chi connectivity index (χ0) is 15.5. The Balaban J connectivity index is 2.14. The minimum atomic E-state index is -3.83. The number of sulfonamides is 1. The first-order valence-corrected chi connectivity index (χ1v) is 9.15. The normalized spacial score (nSPS) is 16.8. The van der Waals surface area contributed by atoms with Gasteiger partial charge in [-0.15, -0.1) is 0 Å². The number of nitro groups is 1. The van der Waals surface area contributed by atoms with Crippen LogP contribution in [0.5, 0.6) is 0 Å². The van der Waals surface area contributed by atoms with Gasteiger partial charge in [0.05, 0.1) is 10.6 Å². The van der Waals surface area contributed by atoms with E-state index in [0.717, 1.165) is 30.4 Å². The predicted octanol–water partition coefficient (Wildman–Crippen LogP) is 1.60. The summed E-state index contributed by atoms with van der Waals surface area (Å²) < 4.78 is 27.0. The lowest BCUT2D eigenvalue weighted by Gasteiger charge is -2.21. The van der Waals surface area contributed by atoms with Crippen LogP contribution in [0.3, 0.4) is 0 Å². The summed E-state index contributed by atoms with van der Waals surface area (Å²) in [4.78, 5) is 9.87. The van der Waals surface area contributed by atoms with Crippen LogP contribution >= 0.6 is 11.8 Å². The molecule has 9 heteroatoms. The second-order valence-corrected chi connectivity index (χ2v) is 7.85. The van der Waals surface area contributed by atoms with Crippen molar-refractivity contribution in [2.75, 3.05) is 23.8 Å². The van der Waals surface area contributed by atoms with Gasteiger partial charge in [0.25, 0.3) is 5.69 Å². The number of nitro benzene ring substituents is 1. The number of benzene rings is 1. The second-order valence-electron chi connectivity index (χ2n) is 4.89. The van der Waals surface area contributed by atoms with Crippen molar-refractivity contribution >= 4 is 33.2 Å². The fourth-order valence-corrected chi connectivity index (χ4v) is 4.59. The molecule has 0 aliphatic carbocycles. The number of thioether (sulfide) groups is 1. The van der Waals surface area contributed by atoms with E-state index >= 15 is 0 Å². The van der Waals surface area contributed by atoms with Gasteiger partial charge in [0.2, 0.25) is 10.0 Å². The van der Waals surface area contributed by atoms with Crippen molar-refractivity contribution in [3.05, 3.63) is 28.3 Å². The minimum Gasteiger partial charge on any atom is -0.398 e.